The lowest BCUT2D eigenvalue weighted by atomic mass is 10.1. The van der Waals surface area contributed by atoms with Crippen LogP contribution in [0.25, 0.3) is 0 Å². The molecule has 3 nitrogen and oxygen atoms in total. The van der Waals surface area contributed by atoms with Crippen LogP contribution < -0.4 is 0 Å². The number of rotatable bonds is 2. The summed E-state index contributed by atoms with van der Waals surface area (Å²) in [7, 11) is 0. The van der Waals surface area contributed by atoms with E-state index in [9.17, 15) is 4.79 Å². The summed E-state index contributed by atoms with van der Waals surface area (Å²) in [4.78, 5) is 10.8. The van der Waals surface area contributed by atoms with Gasteiger partial charge in [0, 0.05) is 10.4 Å². The minimum atomic E-state index is -1.08. The second-order valence-electron chi connectivity index (χ2n) is 2.53. The molecule has 1 rings (SSSR count). The predicted molar refractivity (Wildman–Crippen MR) is 55.4 cm³/mol. The Hall–Kier alpha value is -1.05. The molecule has 0 saturated carbocycles. The number of carboxylic acid groups (broad SMARTS) is 1. The van der Waals surface area contributed by atoms with E-state index in [1.807, 2.05) is 6.07 Å². The molecule has 0 fully saturated rings. The quantitative estimate of drug-likeness (QED) is 0.844. The Labute approximate surface area is 94.0 Å². The minimum Gasteiger partial charge on any atom is -0.478 e. The van der Waals surface area contributed by atoms with E-state index in [2.05, 4.69) is 15.9 Å². The topological polar surface area (TPSA) is 61.1 Å². The Kier molecular flexibility index (Phi) is 3.50. The fourth-order valence-corrected chi connectivity index (χ4v) is 2.08. The number of aromatic carboxylic acids is 1. The van der Waals surface area contributed by atoms with E-state index in [1.54, 1.807) is 6.07 Å². The Balaban J connectivity index is 3.45. The van der Waals surface area contributed by atoms with Crippen LogP contribution >= 0.6 is 27.5 Å². The van der Waals surface area contributed by atoms with E-state index in [0.29, 0.717) is 15.6 Å². The number of benzene rings is 1. The van der Waals surface area contributed by atoms with Crippen LogP contribution in [0, 0.1) is 11.3 Å². The molecule has 0 saturated heterocycles. The molecule has 0 spiro atoms. The predicted octanol–water partition coefficient (Wildman–Crippen LogP) is 2.76. The minimum absolute atomic E-state index is 0.0610. The number of nitriles is 1. The van der Waals surface area contributed by atoms with Crippen LogP contribution in [0.15, 0.2) is 16.6 Å². The molecule has 1 aromatic carbocycles. The Morgan fingerprint density at radius 3 is 2.71 bits per heavy atom. The first-order valence-corrected chi connectivity index (χ1v) is 4.94. The number of hydrogen-bond donors (Lipinski definition) is 1. The molecular formula is C9H5BrClNO2. The SMILES string of the molecule is N#Cc1cc(Br)c(CCl)c(C(=O)O)c1. The summed E-state index contributed by atoms with van der Waals surface area (Å²) < 4.78 is 0.545. The van der Waals surface area contributed by atoms with Crippen molar-refractivity contribution in [2.45, 2.75) is 5.88 Å². The maximum Gasteiger partial charge on any atom is 0.336 e. The molecule has 0 unspecified atom stereocenters. The monoisotopic (exact) mass is 273 g/mol. The van der Waals surface area contributed by atoms with Gasteiger partial charge < -0.3 is 5.11 Å². The zero-order chi connectivity index (χ0) is 10.7. The van der Waals surface area contributed by atoms with Crippen LogP contribution in [-0.4, -0.2) is 11.1 Å². The van der Waals surface area contributed by atoms with Crippen molar-refractivity contribution in [1.82, 2.24) is 0 Å². The molecule has 0 radical (unpaired) electrons. The lowest BCUT2D eigenvalue weighted by Crippen LogP contribution is -2.02. The van der Waals surface area contributed by atoms with Crippen molar-refractivity contribution in [3.63, 3.8) is 0 Å². The largest absolute Gasteiger partial charge is 0.478 e. The molecule has 0 heterocycles. The maximum absolute atomic E-state index is 10.8. The number of carboxylic acids is 1. The lowest BCUT2D eigenvalue weighted by molar-refractivity contribution is 0.0696. The summed E-state index contributed by atoms with van der Waals surface area (Å²) in [5, 5.41) is 17.5. The van der Waals surface area contributed by atoms with Crippen LogP contribution in [0.4, 0.5) is 0 Å². The van der Waals surface area contributed by atoms with Crippen molar-refractivity contribution in [3.05, 3.63) is 33.3 Å². The average Bonchev–Trinajstić information content (AvgIpc) is 2.16. The van der Waals surface area contributed by atoms with Crippen LogP contribution in [0.5, 0.6) is 0 Å². The van der Waals surface area contributed by atoms with Gasteiger partial charge >= 0.3 is 5.97 Å². The molecule has 72 valence electrons. The van der Waals surface area contributed by atoms with E-state index in [-0.39, 0.29) is 11.4 Å². The van der Waals surface area contributed by atoms with E-state index in [1.165, 1.54) is 6.07 Å². The molecule has 1 aromatic rings. The third-order valence-electron chi connectivity index (χ3n) is 1.69. The molecule has 0 aromatic heterocycles. The molecule has 1 N–H and O–H groups in total. The first kappa shape index (κ1) is 11.0. The highest BCUT2D eigenvalue weighted by Crippen LogP contribution is 2.24. The van der Waals surface area contributed by atoms with Crippen molar-refractivity contribution in [2.24, 2.45) is 0 Å². The van der Waals surface area contributed by atoms with Crippen LogP contribution in [0.1, 0.15) is 21.5 Å². The van der Waals surface area contributed by atoms with Gasteiger partial charge in [0.05, 0.1) is 17.2 Å². The zero-order valence-corrected chi connectivity index (χ0v) is 9.26. The summed E-state index contributed by atoms with van der Waals surface area (Å²) in [6.07, 6.45) is 0. The first-order valence-electron chi connectivity index (χ1n) is 3.62. The van der Waals surface area contributed by atoms with Crippen LogP contribution in [-0.2, 0) is 5.88 Å². The average molecular weight is 275 g/mol. The second-order valence-corrected chi connectivity index (χ2v) is 3.66. The van der Waals surface area contributed by atoms with Crippen molar-refractivity contribution < 1.29 is 9.90 Å². The zero-order valence-electron chi connectivity index (χ0n) is 6.92. The fraction of sp³-hybridized carbons (Fsp3) is 0.111. The van der Waals surface area contributed by atoms with Gasteiger partial charge in [0.2, 0.25) is 0 Å². The number of halogens is 2. The lowest BCUT2D eigenvalue weighted by Gasteiger charge is -2.05. The summed E-state index contributed by atoms with van der Waals surface area (Å²) in [5.74, 6) is -0.994. The first-order chi connectivity index (χ1) is 6.60. The van der Waals surface area contributed by atoms with Gasteiger partial charge in [-0.3, -0.25) is 0 Å². The molecule has 0 aliphatic carbocycles. The van der Waals surface area contributed by atoms with Gasteiger partial charge in [0.1, 0.15) is 0 Å². The van der Waals surface area contributed by atoms with Crippen molar-refractivity contribution in [3.8, 4) is 6.07 Å². The van der Waals surface area contributed by atoms with Crippen molar-refractivity contribution >= 4 is 33.5 Å². The summed E-state index contributed by atoms with van der Waals surface area (Å²) >= 11 is 8.77. The van der Waals surface area contributed by atoms with E-state index >= 15 is 0 Å². The van der Waals surface area contributed by atoms with Gasteiger partial charge in [-0.15, -0.1) is 11.6 Å². The Bertz CT molecular complexity index is 426. The molecule has 0 bridgehead atoms. The summed E-state index contributed by atoms with van der Waals surface area (Å²) in [5.41, 5.74) is 0.840. The fourth-order valence-electron chi connectivity index (χ4n) is 1.03. The van der Waals surface area contributed by atoms with E-state index in [0.717, 1.165) is 0 Å². The smallest absolute Gasteiger partial charge is 0.336 e. The highest BCUT2D eigenvalue weighted by atomic mass is 79.9. The molecule has 14 heavy (non-hydrogen) atoms. The highest BCUT2D eigenvalue weighted by molar-refractivity contribution is 9.10. The van der Waals surface area contributed by atoms with Crippen LogP contribution in [0.2, 0.25) is 0 Å². The van der Waals surface area contributed by atoms with Gasteiger partial charge in [-0.2, -0.15) is 5.26 Å². The molecule has 0 amide bonds. The Morgan fingerprint density at radius 1 is 1.64 bits per heavy atom. The van der Waals surface area contributed by atoms with Gasteiger partial charge in [-0.1, -0.05) is 15.9 Å². The van der Waals surface area contributed by atoms with E-state index in [4.69, 9.17) is 22.0 Å². The van der Waals surface area contributed by atoms with Gasteiger partial charge in [-0.05, 0) is 17.7 Å². The van der Waals surface area contributed by atoms with Crippen molar-refractivity contribution in [2.75, 3.05) is 0 Å². The van der Waals surface area contributed by atoms with E-state index < -0.39 is 5.97 Å². The van der Waals surface area contributed by atoms with Crippen molar-refractivity contribution in [1.29, 1.82) is 5.26 Å². The third kappa shape index (κ3) is 2.06. The standard InChI is InChI=1S/C9H5BrClNO2/c10-8-2-5(4-12)1-6(9(13)14)7(8)3-11/h1-2H,3H2,(H,13,14). The molecule has 5 heteroatoms. The maximum atomic E-state index is 10.8. The molecule has 0 atom stereocenters. The van der Waals surface area contributed by atoms with Crippen LogP contribution in [0.3, 0.4) is 0 Å². The third-order valence-corrected chi connectivity index (χ3v) is 2.66. The number of nitrogens with zero attached hydrogens (tertiary/aromatic N) is 1. The van der Waals surface area contributed by atoms with Gasteiger partial charge in [0.15, 0.2) is 0 Å². The normalized spacial score (nSPS) is 9.50. The number of alkyl halides is 1. The van der Waals surface area contributed by atoms with Gasteiger partial charge in [-0.25, -0.2) is 4.79 Å². The Morgan fingerprint density at radius 2 is 2.29 bits per heavy atom. The van der Waals surface area contributed by atoms with Gasteiger partial charge in [0.25, 0.3) is 0 Å². The number of carbonyl (C=O) groups is 1. The summed E-state index contributed by atoms with van der Waals surface area (Å²) in [6, 6.07) is 4.73. The summed E-state index contributed by atoms with van der Waals surface area (Å²) in [6.45, 7) is 0. The molecular weight excluding hydrogens is 269 g/mol. The molecule has 0 aliphatic heterocycles. The molecule has 0 aliphatic rings. The second kappa shape index (κ2) is 4.45. The number of hydrogen-bond acceptors (Lipinski definition) is 2. The highest BCUT2D eigenvalue weighted by Gasteiger charge is 2.13.